The third-order valence-electron chi connectivity index (χ3n) is 5.42. The Balaban J connectivity index is 2.42. The lowest BCUT2D eigenvalue weighted by molar-refractivity contribution is -0.139. The van der Waals surface area contributed by atoms with Gasteiger partial charge in [0.05, 0.1) is 5.69 Å². The van der Waals surface area contributed by atoms with Crippen LogP contribution in [0.1, 0.15) is 31.9 Å². The number of amides is 2. The predicted molar refractivity (Wildman–Crippen MR) is 135 cm³/mol. The highest BCUT2D eigenvalue weighted by atomic mass is 32.2. The Morgan fingerprint density at radius 1 is 1.03 bits per heavy atom. The van der Waals surface area contributed by atoms with Crippen LogP contribution in [0.2, 0.25) is 0 Å². The van der Waals surface area contributed by atoms with Gasteiger partial charge in [0.1, 0.15) is 18.4 Å². The fraction of sp³-hybridized carbons (Fsp3) is 0.440. The third kappa shape index (κ3) is 7.76. The fourth-order valence-electron chi connectivity index (χ4n) is 3.37. The smallest absolute Gasteiger partial charge is 0.304 e. The standard InChI is InChI=1S/C25H35FN4O4S/c1-18(2)15-27-25(32)20(4)29(16-21-9-7-8-19(3)14-21)24(31)17-30(35(33,34)28(5)6)23-12-10-22(26)11-13-23/h7-14,18,20H,15-17H2,1-6H3,(H,27,32)/t20-/m1/s1. The van der Waals surface area contributed by atoms with Gasteiger partial charge in [0, 0.05) is 27.2 Å². The number of anilines is 1. The van der Waals surface area contributed by atoms with E-state index in [2.05, 4.69) is 5.32 Å². The molecule has 0 saturated heterocycles. The van der Waals surface area contributed by atoms with E-state index in [-0.39, 0.29) is 24.1 Å². The second-order valence-corrected chi connectivity index (χ2v) is 11.2. The van der Waals surface area contributed by atoms with Crippen molar-refractivity contribution in [3.63, 3.8) is 0 Å². The van der Waals surface area contributed by atoms with E-state index in [1.165, 1.54) is 31.1 Å². The summed E-state index contributed by atoms with van der Waals surface area (Å²) < 4.78 is 41.5. The normalized spacial score (nSPS) is 12.5. The summed E-state index contributed by atoms with van der Waals surface area (Å²) in [5, 5.41) is 2.84. The molecule has 0 aromatic heterocycles. The first-order valence-corrected chi connectivity index (χ1v) is 12.8. The molecule has 1 atom stereocenters. The number of benzene rings is 2. The molecule has 2 amide bonds. The number of carbonyl (C=O) groups is 2. The lowest BCUT2D eigenvalue weighted by Crippen LogP contribution is -2.52. The molecule has 0 fully saturated rings. The Morgan fingerprint density at radius 3 is 2.20 bits per heavy atom. The van der Waals surface area contributed by atoms with Crippen LogP contribution in [-0.4, -0.2) is 62.7 Å². The third-order valence-corrected chi connectivity index (χ3v) is 7.24. The first-order valence-electron chi connectivity index (χ1n) is 11.4. The first-order chi connectivity index (χ1) is 16.3. The molecule has 35 heavy (non-hydrogen) atoms. The average Bonchev–Trinajstić information content (AvgIpc) is 2.79. The summed E-state index contributed by atoms with van der Waals surface area (Å²) in [6.07, 6.45) is 0. The van der Waals surface area contributed by atoms with Gasteiger partial charge in [-0.3, -0.25) is 9.59 Å². The lowest BCUT2D eigenvalue weighted by atomic mass is 10.1. The number of nitrogens with one attached hydrogen (secondary N) is 1. The molecule has 0 aliphatic rings. The Morgan fingerprint density at radius 2 is 1.66 bits per heavy atom. The second-order valence-electron chi connectivity index (χ2n) is 9.10. The van der Waals surface area contributed by atoms with Gasteiger partial charge in [0.15, 0.2) is 0 Å². The van der Waals surface area contributed by atoms with Crippen molar-refractivity contribution < 1.29 is 22.4 Å². The number of halogens is 1. The van der Waals surface area contributed by atoms with Crippen molar-refractivity contribution in [3.05, 3.63) is 65.5 Å². The van der Waals surface area contributed by atoms with Crippen LogP contribution in [0, 0.1) is 18.7 Å². The van der Waals surface area contributed by atoms with E-state index in [4.69, 9.17) is 0 Å². The van der Waals surface area contributed by atoms with Crippen molar-refractivity contribution in [2.45, 2.75) is 40.3 Å². The lowest BCUT2D eigenvalue weighted by Gasteiger charge is -2.33. The summed E-state index contributed by atoms with van der Waals surface area (Å²) in [7, 11) is -1.38. The molecule has 0 heterocycles. The number of nitrogens with zero attached hydrogens (tertiary/aromatic N) is 3. The van der Waals surface area contributed by atoms with E-state index in [9.17, 15) is 22.4 Å². The quantitative estimate of drug-likeness (QED) is 0.508. The average molecular weight is 507 g/mol. The Hall–Kier alpha value is -2.98. The van der Waals surface area contributed by atoms with Gasteiger partial charge < -0.3 is 10.2 Å². The highest BCUT2D eigenvalue weighted by molar-refractivity contribution is 7.90. The topological polar surface area (TPSA) is 90.0 Å². The first kappa shape index (κ1) is 28.3. The molecule has 0 saturated carbocycles. The molecule has 0 radical (unpaired) electrons. The number of carbonyl (C=O) groups excluding carboxylic acids is 2. The largest absolute Gasteiger partial charge is 0.354 e. The van der Waals surface area contributed by atoms with Gasteiger partial charge in [-0.05, 0) is 49.6 Å². The molecule has 0 unspecified atom stereocenters. The van der Waals surface area contributed by atoms with Crippen molar-refractivity contribution in [2.75, 3.05) is 31.5 Å². The van der Waals surface area contributed by atoms with E-state index in [0.29, 0.717) is 6.54 Å². The Kier molecular flexibility index (Phi) is 9.79. The Labute approximate surface area is 207 Å². The molecular formula is C25H35FN4O4S. The van der Waals surface area contributed by atoms with Crippen molar-refractivity contribution in [3.8, 4) is 0 Å². The molecule has 2 rings (SSSR count). The molecule has 2 aromatic carbocycles. The van der Waals surface area contributed by atoms with E-state index in [0.717, 1.165) is 31.9 Å². The van der Waals surface area contributed by atoms with Crippen molar-refractivity contribution in [1.29, 1.82) is 0 Å². The maximum absolute atomic E-state index is 13.6. The van der Waals surface area contributed by atoms with Crippen LogP contribution in [0.3, 0.4) is 0 Å². The van der Waals surface area contributed by atoms with Crippen LogP contribution in [0.5, 0.6) is 0 Å². The number of hydrogen-bond acceptors (Lipinski definition) is 4. The zero-order chi connectivity index (χ0) is 26.3. The molecule has 0 aliphatic carbocycles. The van der Waals surface area contributed by atoms with Gasteiger partial charge in [-0.25, -0.2) is 8.70 Å². The fourth-order valence-corrected chi connectivity index (χ4v) is 4.42. The summed E-state index contributed by atoms with van der Waals surface area (Å²) in [6, 6.07) is 11.6. The summed E-state index contributed by atoms with van der Waals surface area (Å²) in [4.78, 5) is 27.8. The van der Waals surface area contributed by atoms with Crippen molar-refractivity contribution in [2.24, 2.45) is 5.92 Å². The molecule has 2 aromatic rings. The Bertz CT molecular complexity index is 1120. The molecule has 8 nitrogen and oxygen atoms in total. The zero-order valence-corrected chi connectivity index (χ0v) is 22.0. The van der Waals surface area contributed by atoms with Gasteiger partial charge in [0.2, 0.25) is 11.8 Å². The maximum Gasteiger partial charge on any atom is 0.304 e. The molecular weight excluding hydrogens is 471 g/mol. The summed E-state index contributed by atoms with van der Waals surface area (Å²) in [5.41, 5.74) is 1.95. The van der Waals surface area contributed by atoms with Gasteiger partial charge in [-0.2, -0.15) is 12.7 Å². The minimum atomic E-state index is -4.08. The minimum Gasteiger partial charge on any atom is -0.354 e. The zero-order valence-electron chi connectivity index (χ0n) is 21.2. The van der Waals surface area contributed by atoms with Crippen LogP contribution in [0.25, 0.3) is 0 Å². The van der Waals surface area contributed by atoms with Gasteiger partial charge in [-0.15, -0.1) is 0 Å². The van der Waals surface area contributed by atoms with E-state index in [1.807, 2.05) is 45.0 Å². The van der Waals surface area contributed by atoms with Crippen LogP contribution >= 0.6 is 0 Å². The molecule has 10 heteroatoms. The van der Waals surface area contributed by atoms with Gasteiger partial charge in [-0.1, -0.05) is 43.7 Å². The predicted octanol–water partition coefficient (Wildman–Crippen LogP) is 2.94. The number of aryl methyl sites for hydroxylation is 1. The highest BCUT2D eigenvalue weighted by Gasteiger charge is 2.32. The molecule has 0 aliphatic heterocycles. The van der Waals surface area contributed by atoms with E-state index < -0.39 is 34.5 Å². The number of rotatable bonds is 11. The summed E-state index contributed by atoms with van der Waals surface area (Å²) in [6.45, 7) is 7.49. The van der Waals surface area contributed by atoms with Crippen molar-refractivity contribution in [1.82, 2.24) is 14.5 Å². The summed E-state index contributed by atoms with van der Waals surface area (Å²) in [5.74, 6) is -1.19. The maximum atomic E-state index is 13.6. The number of hydrogen-bond donors (Lipinski definition) is 1. The monoisotopic (exact) mass is 506 g/mol. The van der Waals surface area contributed by atoms with Crippen LogP contribution in [0.4, 0.5) is 10.1 Å². The molecule has 1 N–H and O–H groups in total. The van der Waals surface area contributed by atoms with E-state index in [1.54, 1.807) is 6.92 Å². The van der Waals surface area contributed by atoms with Crippen molar-refractivity contribution >= 4 is 27.7 Å². The van der Waals surface area contributed by atoms with Crippen LogP contribution in [0.15, 0.2) is 48.5 Å². The highest BCUT2D eigenvalue weighted by Crippen LogP contribution is 2.21. The van der Waals surface area contributed by atoms with Crippen LogP contribution < -0.4 is 9.62 Å². The molecule has 0 bridgehead atoms. The second kappa shape index (κ2) is 12.1. The minimum absolute atomic E-state index is 0.121. The van der Waals surface area contributed by atoms with Gasteiger partial charge in [0.25, 0.3) is 0 Å². The molecule has 192 valence electrons. The van der Waals surface area contributed by atoms with E-state index >= 15 is 0 Å². The summed E-state index contributed by atoms with van der Waals surface area (Å²) >= 11 is 0. The SMILES string of the molecule is Cc1cccc(CN(C(=O)CN(c2ccc(F)cc2)S(=O)(=O)N(C)C)[C@H](C)C(=O)NCC(C)C)c1. The molecule has 0 spiro atoms. The van der Waals surface area contributed by atoms with Gasteiger partial charge >= 0.3 is 10.2 Å². The van der Waals surface area contributed by atoms with Crippen LogP contribution in [-0.2, 0) is 26.3 Å².